The maximum atomic E-state index is 12.9. The minimum atomic E-state index is -0.763. The maximum absolute atomic E-state index is 12.9. The topological polar surface area (TPSA) is 78.9 Å². The number of hydrogen-bond donors (Lipinski definition) is 0. The van der Waals surface area contributed by atoms with Gasteiger partial charge in [0.05, 0.1) is 0 Å². The Labute approximate surface area is 482 Å². The van der Waals surface area contributed by atoms with E-state index >= 15 is 0 Å². The number of carbonyl (C=O) groups is 3. The van der Waals surface area contributed by atoms with Crippen LogP contribution < -0.4 is 0 Å². The zero-order valence-electron chi connectivity index (χ0n) is 52.8. The van der Waals surface area contributed by atoms with Gasteiger partial charge in [-0.1, -0.05) is 380 Å². The summed E-state index contributed by atoms with van der Waals surface area (Å²) in [6.07, 6.45) is 78.5. The third-order valence-electron chi connectivity index (χ3n) is 16.6. The van der Waals surface area contributed by atoms with Crippen molar-refractivity contribution in [3.8, 4) is 0 Å². The van der Waals surface area contributed by atoms with E-state index in [1.165, 1.54) is 321 Å². The Morgan fingerprint density at radius 2 is 0.351 bits per heavy atom. The molecule has 0 amide bonds. The van der Waals surface area contributed by atoms with Crippen LogP contribution in [0.3, 0.4) is 0 Å². The van der Waals surface area contributed by atoms with E-state index in [1.807, 2.05) is 0 Å². The van der Waals surface area contributed by atoms with Crippen molar-refractivity contribution in [2.24, 2.45) is 0 Å². The molecule has 0 aromatic rings. The van der Waals surface area contributed by atoms with Crippen LogP contribution in [-0.2, 0) is 28.6 Å². The molecule has 0 aliphatic heterocycles. The van der Waals surface area contributed by atoms with E-state index in [9.17, 15) is 14.4 Å². The molecular formula is C71H138O6. The lowest BCUT2D eigenvalue weighted by atomic mass is 10.0. The van der Waals surface area contributed by atoms with Crippen molar-refractivity contribution in [3.63, 3.8) is 0 Å². The predicted molar refractivity (Wildman–Crippen MR) is 335 cm³/mol. The lowest BCUT2D eigenvalue weighted by molar-refractivity contribution is -0.167. The van der Waals surface area contributed by atoms with Crippen molar-refractivity contribution in [3.05, 3.63) is 0 Å². The minimum absolute atomic E-state index is 0.0602. The molecule has 0 saturated carbocycles. The second-order valence-electron chi connectivity index (χ2n) is 24.5. The average Bonchev–Trinajstić information content (AvgIpc) is 3.43. The highest BCUT2D eigenvalue weighted by Gasteiger charge is 2.19. The van der Waals surface area contributed by atoms with Gasteiger partial charge in [0.25, 0.3) is 0 Å². The second kappa shape index (κ2) is 66.9. The van der Waals surface area contributed by atoms with Crippen LogP contribution >= 0.6 is 0 Å². The molecule has 0 bridgehead atoms. The average molecular weight is 1090 g/mol. The van der Waals surface area contributed by atoms with E-state index in [0.29, 0.717) is 19.3 Å². The van der Waals surface area contributed by atoms with Crippen molar-refractivity contribution >= 4 is 17.9 Å². The molecule has 0 rings (SSSR count). The summed E-state index contributed by atoms with van der Waals surface area (Å²) in [5.41, 5.74) is 0. The molecule has 0 aromatic carbocycles. The Morgan fingerprint density at radius 1 is 0.208 bits per heavy atom. The SMILES string of the molecule is CCCCCCCCCCCCCCCCCCCCCCCCCCCCCC(=O)OCC(COC(=O)CCCCCCCCCCCCCCC)OC(=O)CCCCCCCCCCCCCCCCCCCCC. The first-order valence-corrected chi connectivity index (χ1v) is 35.5. The fourth-order valence-corrected chi connectivity index (χ4v) is 11.3. The highest BCUT2D eigenvalue weighted by molar-refractivity contribution is 5.71. The van der Waals surface area contributed by atoms with Gasteiger partial charge in [-0.15, -0.1) is 0 Å². The van der Waals surface area contributed by atoms with E-state index in [4.69, 9.17) is 14.2 Å². The smallest absolute Gasteiger partial charge is 0.306 e. The highest BCUT2D eigenvalue weighted by atomic mass is 16.6. The zero-order valence-corrected chi connectivity index (χ0v) is 52.8. The summed E-state index contributed by atoms with van der Waals surface area (Å²) >= 11 is 0. The summed E-state index contributed by atoms with van der Waals surface area (Å²) < 4.78 is 17.0. The number of rotatable bonds is 67. The third-order valence-corrected chi connectivity index (χ3v) is 16.6. The van der Waals surface area contributed by atoms with Gasteiger partial charge in [0.2, 0.25) is 0 Å². The molecule has 0 aromatic heterocycles. The summed E-state index contributed by atoms with van der Waals surface area (Å²) in [6, 6.07) is 0. The Balaban J connectivity index is 4.16. The van der Waals surface area contributed by atoms with Crippen LogP contribution in [0.4, 0.5) is 0 Å². The minimum Gasteiger partial charge on any atom is -0.462 e. The van der Waals surface area contributed by atoms with Crippen LogP contribution in [0.15, 0.2) is 0 Å². The normalized spacial score (nSPS) is 11.9. The molecule has 0 saturated heterocycles. The third kappa shape index (κ3) is 65.1. The summed E-state index contributed by atoms with van der Waals surface area (Å²) in [5.74, 6) is -0.820. The van der Waals surface area contributed by atoms with Crippen LogP contribution in [0.5, 0.6) is 0 Å². The first-order valence-electron chi connectivity index (χ1n) is 35.5. The fraction of sp³-hybridized carbons (Fsp3) is 0.958. The molecule has 77 heavy (non-hydrogen) atoms. The Bertz CT molecular complexity index is 1160. The molecule has 0 aliphatic carbocycles. The van der Waals surface area contributed by atoms with Crippen molar-refractivity contribution in [1.82, 2.24) is 0 Å². The van der Waals surface area contributed by atoms with Gasteiger partial charge in [-0.05, 0) is 19.3 Å². The molecule has 1 atom stereocenters. The standard InChI is InChI=1S/C71H138O6/c1-4-7-10-13-16-19-22-25-27-29-31-32-33-34-35-36-37-38-40-41-43-46-49-52-55-58-61-64-70(73)76-67-68(66-75-69(72)63-60-57-54-51-48-45-24-21-18-15-12-9-6-3)77-71(74)65-62-59-56-53-50-47-44-42-39-30-28-26-23-20-17-14-11-8-5-2/h68H,4-67H2,1-3H3. The molecule has 0 aliphatic rings. The molecule has 1 unspecified atom stereocenters. The molecule has 0 N–H and O–H groups in total. The molecule has 0 fully saturated rings. The van der Waals surface area contributed by atoms with E-state index in [-0.39, 0.29) is 31.1 Å². The number of carbonyl (C=O) groups excluding carboxylic acids is 3. The monoisotopic (exact) mass is 1090 g/mol. The lowest BCUT2D eigenvalue weighted by Gasteiger charge is -2.18. The van der Waals surface area contributed by atoms with Gasteiger partial charge < -0.3 is 14.2 Å². The van der Waals surface area contributed by atoms with Crippen molar-refractivity contribution < 1.29 is 28.6 Å². The molecule has 6 nitrogen and oxygen atoms in total. The predicted octanol–water partition coefficient (Wildman–Crippen LogP) is 24.2. The Hall–Kier alpha value is -1.59. The van der Waals surface area contributed by atoms with Gasteiger partial charge in [0.15, 0.2) is 6.10 Å². The number of esters is 3. The number of unbranched alkanes of at least 4 members (excludes halogenated alkanes) is 56. The van der Waals surface area contributed by atoms with E-state index < -0.39 is 6.10 Å². The van der Waals surface area contributed by atoms with Gasteiger partial charge in [0, 0.05) is 19.3 Å². The van der Waals surface area contributed by atoms with Crippen molar-refractivity contribution in [1.29, 1.82) is 0 Å². The van der Waals surface area contributed by atoms with Gasteiger partial charge >= 0.3 is 17.9 Å². The Kier molecular flexibility index (Phi) is 65.5. The highest BCUT2D eigenvalue weighted by Crippen LogP contribution is 2.19. The van der Waals surface area contributed by atoms with Crippen LogP contribution in [0.25, 0.3) is 0 Å². The molecule has 458 valence electrons. The zero-order chi connectivity index (χ0) is 55.7. The van der Waals surface area contributed by atoms with Gasteiger partial charge in [-0.2, -0.15) is 0 Å². The fourth-order valence-electron chi connectivity index (χ4n) is 11.3. The summed E-state index contributed by atoms with van der Waals surface area (Å²) in [7, 11) is 0. The van der Waals surface area contributed by atoms with E-state index in [2.05, 4.69) is 20.8 Å². The maximum Gasteiger partial charge on any atom is 0.306 e. The van der Waals surface area contributed by atoms with Gasteiger partial charge in [0.1, 0.15) is 13.2 Å². The summed E-state index contributed by atoms with van der Waals surface area (Å²) in [4.78, 5) is 38.4. The second-order valence-corrected chi connectivity index (χ2v) is 24.5. The van der Waals surface area contributed by atoms with Crippen molar-refractivity contribution in [2.75, 3.05) is 13.2 Å². The Morgan fingerprint density at radius 3 is 0.519 bits per heavy atom. The van der Waals surface area contributed by atoms with Crippen LogP contribution in [0, 0.1) is 0 Å². The van der Waals surface area contributed by atoms with Crippen LogP contribution in [0.1, 0.15) is 419 Å². The molecule has 0 radical (unpaired) electrons. The molecule has 6 heteroatoms. The van der Waals surface area contributed by atoms with Crippen molar-refractivity contribution in [2.45, 2.75) is 425 Å². The van der Waals surface area contributed by atoms with Crippen LogP contribution in [-0.4, -0.2) is 37.2 Å². The van der Waals surface area contributed by atoms with Gasteiger partial charge in [-0.25, -0.2) is 0 Å². The summed E-state index contributed by atoms with van der Waals surface area (Å²) in [6.45, 7) is 6.74. The summed E-state index contributed by atoms with van der Waals surface area (Å²) in [5, 5.41) is 0. The lowest BCUT2D eigenvalue weighted by Crippen LogP contribution is -2.30. The first kappa shape index (κ1) is 75.4. The molecule has 0 spiro atoms. The van der Waals surface area contributed by atoms with Gasteiger partial charge in [-0.3, -0.25) is 14.4 Å². The quantitative estimate of drug-likeness (QED) is 0.0343. The molecular weight excluding hydrogens is 949 g/mol. The van der Waals surface area contributed by atoms with Crippen LogP contribution in [0.2, 0.25) is 0 Å². The van der Waals surface area contributed by atoms with E-state index in [1.54, 1.807) is 0 Å². The number of hydrogen-bond acceptors (Lipinski definition) is 6. The number of ether oxygens (including phenoxy) is 3. The molecule has 0 heterocycles. The largest absolute Gasteiger partial charge is 0.462 e. The van der Waals surface area contributed by atoms with E-state index in [0.717, 1.165) is 57.8 Å². The first-order chi connectivity index (χ1) is 38.0.